The summed E-state index contributed by atoms with van der Waals surface area (Å²) < 4.78 is 2.66. The molecule has 0 radical (unpaired) electrons. The van der Waals surface area contributed by atoms with E-state index in [-0.39, 0.29) is 0 Å². The van der Waals surface area contributed by atoms with Gasteiger partial charge in [-0.1, -0.05) is 29.8 Å². The van der Waals surface area contributed by atoms with Gasteiger partial charge in [0.2, 0.25) is 0 Å². The molecule has 0 spiro atoms. The first-order valence-electron chi connectivity index (χ1n) is 6.76. The Bertz CT molecular complexity index is 600. The molecule has 0 bridgehead atoms. The Hall–Kier alpha value is -0.880. The molecular weight excluding hydrogens is 354 g/mol. The van der Waals surface area contributed by atoms with Crippen molar-refractivity contribution in [1.82, 2.24) is 14.7 Å². The van der Waals surface area contributed by atoms with Crippen molar-refractivity contribution in [3.8, 4) is 0 Å². The fourth-order valence-corrected chi connectivity index (χ4v) is 2.92. The highest BCUT2D eigenvalue weighted by molar-refractivity contribution is 9.10. The van der Waals surface area contributed by atoms with Gasteiger partial charge in [0.05, 0.1) is 22.9 Å². The molecule has 1 unspecified atom stereocenters. The van der Waals surface area contributed by atoms with Gasteiger partial charge < -0.3 is 10.0 Å². The van der Waals surface area contributed by atoms with Crippen LogP contribution in [0, 0.1) is 0 Å². The number of nitrogens with zero attached hydrogens (tertiary/aromatic N) is 3. The van der Waals surface area contributed by atoms with Crippen molar-refractivity contribution in [3.05, 3.63) is 51.2 Å². The minimum Gasteiger partial charge on any atom is -0.386 e. The second kappa shape index (κ2) is 7.40. The zero-order chi connectivity index (χ0) is 15.4. The number of hydrogen-bond acceptors (Lipinski definition) is 3. The van der Waals surface area contributed by atoms with Crippen LogP contribution in [0.15, 0.2) is 34.9 Å². The Labute approximate surface area is 138 Å². The van der Waals surface area contributed by atoms with E-state index in [0.717, 1.165) is 28.8 Å². The SMILES string of the molecule is CN(C)CCn1ncc(Br)c1C(O)Cc1ccccc1Cl. The Morgan fingerprint density at radius 3 is 2.76 bits per heavy atom. The van der Waals surface area contributed by atoms with Crippen LogP contribution in [0.25, 0.3) is 0 Å². The fourth-order valence-electron chi connectivity index (χ4n) is 2.15. The van der Waals surface area contributed by atoms with E-state index in [9.17, 15) is 5.11 Å². The molecule has 0 saturated heterocycles. The zero-order valence-corrected chi connectivity index (χ0v) is 14.5. The highest BCUT2D eigenvalue weighted by Crippen LogP contribution is 2.28. The van der Waals surface area contributed by atoms with Gasteiger partial charge in [0.1, 0.15) is 6.10 Å². The van der Waals surface area contributed by atoms with E-state index in [2.05, 4.69) is 25.9 Å². The lowest BCUT2D eigenvalue weighted by molar-refractivity contribution is 0.164. The van der Waals surface area contributed by atoms with Gasteiger partial charge in [-0.25, -0.2) is 0 Å². The summed E-state index contributed by atoms with van der Waals surface area (Å²) in [5.74, 6) is 0. The van der Waals surface area contributed by atoms with Crippen molar-refractivity contribution in [3.63, 3.8) is 0 Å². The van der Waals surface area contributed by atoms with Crippen molar-refractivity contribution in [1.29, 1.82) is 0 Å². The quantitative estimate of drug-likeness (QED) is 0.847. The molecule has 2 rings (SSSR count). The predicted octanol–water partition coefficient (Wildman–Crippen LogP) is 3.14. The third-order valence-corrected chi connectivity index (χ3v) is 4.26. The van der Waals surface area contributed by atoms with Crippen molar-refractivity contribution in [2.75, 3.05) is 20.6 Å². The Morgan fingerprint density at radius 2 is 2.10 bits per heavy atom. The summed E-state index contributed by atoms with van der Waals surface area (Å²) in [5.41, 5.74) is 1.72. The fraction of sp³-hybridized carbons (Fsp3) is 0.400. The molecule has 1 heterocycles. The Morgan fingerprint density at radius 1 is 1.38 bits per heavy atom. The van der Waals surface area contributed by atoms with Gasteiger partial charge in [-0.2, -0.15) is 5.10 Å². The van der Waals surface area contributed by atoms with Crippen LogP contribution >= 0.6 is 27.5 Å². The van der Waals surface area contributed by atoms with Crippen LogP contribution in [0.1, 0.15) is 17.4 Å². The minimum atomic E-state index is -0.649. The molecule has 0 aliphatic heterocycles. The van der Waals surface area contributed by atoms with Crippen LogP contribution in [-0.2, 0) is 13.0 Å². The number of hydrogen-bond donors (Lipinski definition) is 1. The van der Waals surface area contributed by atoms with Crippen molar-refractivity contribution >= 4 is 27.5 Å². The van der Waals surface area contributed by atoms with E-state index in [1.807, 2.05) is 43.0 Å². The number of rotatable bonds is 6. The van der Waals surface area contributed by atoms with Gasteiger partial charge in [0.15, 0.2) is 0 Å². The molecule has 2 aromatic rings. The van der Waals surface area contributed by atoms with E-state index in [0.29, 0.717) is 11.4 Å². The molecule has 0 fully saturated rings. The smallest absolute Gasteiger partial charge is 0.101 e. The van der Waals surface area contributed by atoms with E-state index >= 15 is 0 Å². The summed E-state index contributed by atoms with van der Waals surface area (Å²) in [7, 11) is 4.02. The number of likely N-dealkylation sites (N-methyl/N-ethyl adjacent to an activating group) is 1. The topological polar surface area (TPSA) is 41.3 Å². The molecule has 114 valence electrons. The largest absolute Gasteiger partial charge is 0.386 e. The number of halogens is 2. The number of benzene rings is 1. The standard InChI is InChI=1S/C15H19BrClN3O/c1-19(2)7-8-20-15(12(16)10-18-20)14(21)9-11-5-3-4-6-13(11)17/h3-6,10,14,21H,7-9H2,1-2H3. The van der Waals surface area contributed by atoms with Crippen LogP contribution in [0.2, 0.25) is 5.02 Å². The van der Waals surface area contributed by atoms with E-state index in [1.165, 1.54) is 0 Å². The lowest BCUT2D eigenvalue weighted by Gasteiger charge is -2.16. The molecule has 1 atom stereocenters. The van der Waals surface area contributed by atoms with Gasteiger partial charge >= 0.3 is 0 Å². The van der Waals surface area contributed by atoms with Gasteiger partial charge in [-0.05, 0) is 41.7 Å². The molecule has 1 N–H and O–H groups in total. The molecule has 1 aromatic carbocycles. The average molecular weight is 373 g/mol. The van der Waals surface area contributed by atoms with Crippen molar-refractivity contribution in [2.45, 2.75) is 19.1 Å². The summed E-state index contributed by atoms with van der Waals surface area (Å²) in [6.45, 7) is 1.59. The second-order valence-electron chi connectivity index (χ2n) is 5.22. The number of aliphatic hydroxyl groups excluding tert-OH is 1. The minimum absolute atomic E-state index is 0.464. The molecule has 4 nitrogen and oxygen atoms in total. The van der Waals surface area contributed by atoms with Crippen molar-refractivity contribution < 1.29 is 5.11 Å². The van der Waals surface area contributed by atoms with Crippen LogP contribution in [0.3, 0.4) is 0 Å². The Balaban J connectivity index is 2.17. The summed E-state index contributed by atoms with van der Waals surface area (Å²) in [6.07, 6.45) is 1.54. The maximum Gasteiger partial charge on any atom is 0.101 e. The van der Waals surface area contributed by atoms with Gasteiger partial charge in [-0.15, -0.1) is 0 Å². The molecule has 6 heteroatoms. The maximum absolute atomic E-state index is 10.6. The first-order chi connectivity index (χ1) is 9.99. The molecule has 0 amide bonds. The van der Waals surface area contributed by atoms with Gasteiger partial charge in [0.25, 0.3) is 0 Å². The second-order valence-corrected chi connectivity index (χ2v) is 6.48. The number of aliphatic hydroxyl groups is 1. The van der Waals surface area contributed by atoms with Gasteiger partial charge in [-0.3, -0.25) is 4.68 Å². The monoisotopic (exact) mass is 371 g/mol. The first-order valence-corrected chi connectivity index (χ1v) is 7.93. The third-order valence-electron chi connectivity index (χ3n) is 3.28. The van der Waals surface area contributed by atoms with Crippen LogP contribution in [0.5, 0.6) is 0 Å². The first kappa shape index (κ1) is 16.5. The predicted molar refractivity (Wildman–Crippen MR) is 88.6 cm³/mol. The average Bonchev–Trinajstić information content (AvgIpc) is 2.80. The van der Waals surface area contributed by atoms with Crippen molar-refractivity contribution in [2.24, 2.45) is 0 Å². The zero-order valence-electron chi connectivity index (χ0n) is 12.1. The summed E-state index contributed by atoms with van der Waals surface area (Å²) in [5, 5.41) is 15.5. The van der Waals surface area contributed by atoms with E-state index < -0.39 is 6.10 Å². The molecule has 0 aliphatic carbocycles. The summed E-state index contributed by atoms with van der Waals surface area (Å²) in [6, 6.07) is 7.57. The van der Waals surface area contributed by atoms with Crippen LogP contribution in [-0.4, -0.2) is 40.4 Å². The Kier molecular flexibility index (Phi) is 5.81. The molecule has 0 aliphatic rings. The third kappa shape index (κ3) is 4.30. The normalized spacial score (nSPS) is 12.9. The molecule has 0 saturated carbocycles. The van der Waals surface area contributed by atoms with E-state index in [4.69, 9.17) is 11.6 Å². The molecule has 1 aromatic heterocycles. The number of aromatic nitrogens is 2. The highest BCUT2D eigenvalue weighted by Gasteiger charge is 2.19. The van der Waals surface area contributed by atoms with E-state index in [1.54, 1.807) is 6.20 Å². The molecular formula is C15H19BrClN3O. The lowest BCUT2D eigenvalue weighted by atomic mass is 10.1. The summed E-state index contributed by atoms with van der Waals surface area (Å²) >= 11 is 9.63. The van der Waals surface area contributed by atoms with Crippen LogP contribution in [0.4, 0.5) is 0 Å². The van der Waals surface area contributed by atoms with Gasteiger partial charge in [0, 0.05) is 18.0 Å². The lowest BCUT2D eigenvalue weighted by Crippen LogP contribution is -2.21. The summed E-state index contributed by atoms with van der Waals surface area (Å²) in [4.78, 5) is 2.08. The molecule has 21 heavy (non-hydrogen) atoms. The maximum atomic E-state index is 10.6. The highest BCUT2D eigenvalue weighted by atomic mass is 79.9. The van der Waals surface area contributed by atoms with Crippen LogP contribution < -0.4 is 0 Å².